The van der Waals surface area contributed by atoms with Crippen molar-refractivity contribution in [2.24, 2.45) is 40.9 Å². The maximum Gasteiger partial charge on any atom is 0.296 e. The normalized spacial score (nSPS) is 12.6. The molecule has 360 valence electrons. The smallest absolute Gasteiger partial charge is 0.296 e. The van der Waals surface area contributed by atoms with E-state index in [1.54, 1.807) is 18.2 Å². The molecule has 27 heteroatoms. The SMILES string of the molecule is Nc1ccc(N=Nc2ccc3cc(S(=O)(=O)O)c(N=Nc4ccc(Nc5ccc(N=Nc6c(S(=O)(=O)O)cc7ccc(N=Nc8ccc(N)cc8N)cc7c6O)cc5S(=O)(=O)O)cc4)c(O)c3c2)c(N)c1. The summed E-state index contributed by atoms with van der Waals surface area (Å²) in [6, 6.07) is 28.8. The molecule has 0 heterocycles. The Morgan fingerprint density at radius 1 is 0.394 bits per heavy atom. The number of benzene rings is 8. The lowest BCUT2D eigenvalue weighted by atomic mass is 10.1. The number of phenolic OH excluding ortho intramolecular Hbond substituents is 2. The van der Waals surface area contributed by atoms with E-state index in [4.69, 9.17) is 22.9 Å². The number of nitrogens with one attached hydrogen (secondary N) is 1. The zero-order chi connectivity index (χ0) is 51.0. The summed E-state index contributed by atoms with van der Waals surface area (Å²) in [5, 5.41) is 57.9. The summed E-state index contributed by atoms with van der Waals surface area (Å²) in [5.41, 5.74) is 24.3. The van der Waals surface area contributed by atoms with Gasteiger partial charge in [0.2, 0.25) is 0 Å². The van der Waals surface area contributed by atoms with E-state index in [1.807, 2.05) is 0 Å². The molecule has 0 aliphatic heterocycles. The highest BCUT2D eigenvalue weighted by Gasteiger charge is 2.24. The van der Waals surface area contributed by atoms with Crippen LogP contribution in [0.5, 0.6) is 11.5 Å². The first-order chi connectivity index (χ1) is 33.5. The molecule has 0 aliphatic carbocycles. The van der Waals surface area contributed by atoms with Gasteiger partial charge in [0, 0.05) is 27.8 Å². The van der Waals surface area contributed by atoms with Crippen molar-refractivity contribution in [3.63, 3.8) is 0 Å². The first-order valence-electron chi connectivity index (χ1n) is 20.0. The van der Waals surface area contributed by atoms with Crippen LogP contribution in [0.25, 0.3) is 21.5 Å². The fourth-order valence-electron chi connectivity index (χ4n) is 6.79. The number of hydrogen-bond donors (Lipinski definition) is 10. The van der Waals surface area contributed by atoms with Crippen LogP contribution >= 0.6 is 0 Å². The minimum absolute atomic E-state index is 0.0185. The lowest BCUT2D eigenvalue weighted by Crippen LogP contribution is -2.03. The summed E-state index contributed by atoms with van der Waals surface area (Å²) in [7, 11) is -15.0. The molecule has 8 aromatic carbocycles. The zero-order valence-electron chi connectivity index (χ0n) is 35.9. The third kappa shape index (κ3) is 10.8. The van der Waals surface area contributed by atoms with Crippen LogP contribution in [0.3, 0.4) is 0 Å². The van der Waals surface area contributed by atoms with E-state index < -0.39 is 67.9 Å². The quantitative estimate of drug-likeness (QED) is 0.0291. The van der Waals surface area contributed by atoms with Crippen molar-refractivity contribution in [1.82, 2.24) is 0 Å². The van der Waals surface area contributed by atoms with Gasteiger partial charge in [-0.25, -0.2) is 0 Å². The fraction of sp³-hybridized carbons (Fsp3) is 0. The Hall–Kier alpha value is -8.99. The predicted molar refractivity (Wildman–Crippen MR) is 264 cm³/mol. The molecule has 0 unspecified atom stereocenters. The Balaban J connectivity index is 1.05. The second-order valence-corrected chi connectivity index (χ2v) is 19.3. The van der Waals surface area contributed by atoms with E-state index in [-0.39, 0.29) is 67.0 Å². The van der Waals surface area contributed by atoms with Gasteiger partial charge in [-0.15, -0.1) is 20.5 Å². The number of nitrogens with zero attached hydrogens (tertiary/aromatic N) is 8. The van der Waals surface area contributed by atoms with Crippen LogP contribution < -0.4 is 28.3 Å². The highest BCUT2D eigenvalue weighted by atomic mass is 32.2. The van der Waals surface area contributed by atoms with Gasteiger partial charge in [-0.2, -0.15) is 45.7 Å². The Bertz CT molecular complexity index is 3970. The molecule has 0 amide bonds. The number of phenols is 2. The average molecular weight is 1020 g/mol. The summed E-state index contributed by atoms with van der Waals surface area (Å²) in [4.78, 5) is -2.30. The van der Waals surface area contributed by atoms with Crippen molar-refractivity contribution in [2.45, 2.75) is 14.7 Å². The van der Waals surface area contributed by atoms with Crippen molar-refractivity contribution in [1.29, 1.82) is 0 Å². The van der Waals surface area contributed by atoms with Crippen LogP contribution in [0.1, 0.15) is 0 Å². The number of fused-ring (bicyclic) bond motifs is 2. The largest absolute Gasteiger partial charge is 0.505 e. The van der Waals surface area contributed by atoms with Crippen LogP contribution in [0.2, 0.25) is 0 Å². The van der Waals surface area contributed by atoms with Gasteiger partial charge in [-0.1, -0.05) is 12.1 Å². The summed E-state index contributed by atoms with van der Waals surface area (Å²) >= 11 is 0. The maximum atomic E-state index is 12.6. The molecule has 0 saturated heterocycles. The maximum absolute atomic E-state index is 12.6. The minimum Gasteiger partial charge on any atom is -0.505 e. The number of nitrogens with two attached hydrogens (primary N) is 4. The summed E-state index contributed by atoms with van der Waals surface area (Å²) in [5.74, 6) is -1.41. The molecule has 0 radical (unpaired) electrons. The van der Waals surface area contributed by atoms with E-state index >= 15 is 0 Å². The number of hydrogen-bond acceptors (Lipinski definition) is 21. The highest BCUT2D eigenvalue weighted by Crippen LogP contribution is 2.45. The Labute approximate surface area is 401 Å². The minimum atomic E-state index is -5.04. The standard InChI is InChI=1S/C44H35N13O11S3/c45-24-3-12-35(33(47)17-24)54-51-28-5-1-22-15-39(70(63,64)65)41(43(58)31(22)19-28)56-50-27-9-7-26(8-10-27)49-37-14-11-30(21-38(37)69(60,61)62)53-57-42-40(71(66,67)68)16-23-2-6-29(20-32(23)44(42)59)52-55-36-13-4-25(46)18-34(36)48/h1-21,49,58-59H,45-48H2,(H,60,61,62)(H,63,64,65)(H,66,67,68). The van der Waals surface area contributed by atoms with Crippen molar-refractivity contribution in [2.75, 3.05) is 28.3 Å². The molecular formula is C44H35N13O11S3. The number of nitrogen functional groups attached to an aromatic ring is 4. The van der Waals surface area contributed by atoms with Crippen molar-refractivity contribution >= 4 is 132 Å². The zero-order valence-corrected chi connectivity index (χ0v) is 38.4. The third-order valence-electron chi connectivity index (χ3n) is 10.2. The van der Waals surface area contributed by atoms with Gasteiger partial charge in [0.15, 0.2) is 11.5 Å². The number of rotatable bonds is 13. The van der Waals surface area contributed by atoms with Gasteiger partial charge in [0.1, 0.15) is 37.4 Å². The Morgan fingerprint density at radius 3 is 1.23 bits per heavy atom. The molecule has 0 bridgehead atoms. The average Bonchev–Trinajstić information content (AvgIpc) is 3.30. The molecule has 14 N–H and O–H groups in total. The van der Waals surface area contributed by atoms with E-state index in [1.165, 1.54) is 91.0 Å². The van der Waals surface area contributed by atoms with Crippen molar-refractivity contribution in [3.05, 3.63) is 127 Å². The molecule has 0 fully saturated rings. The van der Waals surface area contributed by atoms with Crippen LogP contribution in [0.4, 0.5) is 79.6 Å². The molecule has 0 atom stereocenters. The molecule has 8 rings (SSSR count). The highest BCUT2D eigenvalue weighted by molar-refractivity contribution is 7.86. The molecule has 8 aromatic rings. The second kappa shape index (κ2) is 18.8. The summed E-state index contributed by atoms with van der Waals surface area (Å²) < 4.78 is 105. The molecular weight excluding hydrogens is 983 g/mol. The second-order valence-electron chi connectivity index (χ2n) is 15.2. The lowest BCUT2D eigenvalue weighted by molar-refractivity contribution is 0.471. The van der Waals surface area contributed by atoms with Gasteiger partial charge in [-0.05, 0) is 126 Å². The molecule has 0 spiro atoms. The van der Waals surface area contributed by atoms with Crippen LogP contribution in [0.15, 0.2) is 183 Å². The topological polar surface area (TPSA) is 419 Å². The molecule has 0 saturated carbocycles. The van der Waals surface area contributed by atoms with Gasteiger partial charge < -0.3 is 38.5 Å². The first kappa shape index (κ1) is 48.5. The van der Waals surface area contributed by atoms with E-state index in [9.17, 15) is 49.1 Å². The van der Waals surface area contributed by atoms with Gasteiger partial charge in [0.05, 0.1) is 39.8 Å². The molecule has 0 aliphatic rings. The monoisotopic (exact) mass is 1020 g/mol. The Kier molecular flexibility index (Phi) is 12.9. The molecule has 71 heavy (non-hydrogen) atoms. The van der Waals surface area contributed by atoms with Crippen molar-refractivity contribution < 1.29 is 49.1 Å². The van der Waals surface area contributed by atoms with E-state index in [0.717, 1.165) is 18.2 Å². The number of aromatic hydroxyl groups is 2. The Morgan fingerprint density at radius 2 is 0.789 bits per heavy atom. The first-order valence-corrected chi connectivity index (χ1v) is 24.3. The van der Waals surface area contributed by atoms with Crippen LogP contribution in [-0.2, 0) is 30.4 Å². The van der Waals surface area contributed by atoms with E-state index in [0.29, 0.717) is 22.7 Å². The summed E-state index contributed by atoms with van der Waals surface area (Å²) in [6.07, 6.45) is 0. The van der Waals surface area contributed by atoms with E-state index in [2.05, 4.69) is 46.2 Å². The number of anilines is 6. The van der Waals surface area contributed by atoms with Gasteiger partial charge >= 0.3 is 0 Å². The third-order valence-corrected chi connectivity index (χ3v) is 12.8. The fourth-order valence-corrected chi connectivity index (χ4v) is 8.77. The summed E-state index contributed by atoms with van der Waals surface area (Å²) in [6.45, 7) is 0. The van der Waals surface area contributed by atoms with Crippen molar-refractivity contribution in [3.8, 4) is 11.5 Å². The van der Waals surface area contributed by atoms with Crippen LogP contribution in [-0.4, -0.2) is 49.1 Å². The van der Waals surface area contributed by atoms with Gasteiger partial charge in [-0.3, -0.25) is 13.7 Å². The van der Waals surface area contributed by atoms with Gasteiger partial charge in [0.25, 0.3) is 30.4 Å². The lowest BCUT2D eigenvalue weighted by Gasteiger charge is -2.12. The number of azo groups is 4. The molecule has 24 nitrogen and oxygen atoms in total. The van der Waals surface area contributed by atoms with Crippen LogP contribution in [0, 0.1) is 0 Å². The molecule has 0 aromatic heterocycles. The predicted octanol–water partition coefficient (Wildman–Crippen LogP) is 10.9.